The molecule has 1 atom stereocenters. The molecule has 96 valence electrons. The van der Waals surface area contributed by atoms with Gasteiger partial charge in [-0.05, 0) is 17.7 Å². The minimum Gasteiger partial charge on any atom is -0.469 e. The van der Waals surface area contributed by atoms with E-state index < -0.39 is 5.92 Å². The van der Waals surface area contributed by atoms with Crippen molar-refractivity contribution in [1.82, 2.24) is 4.98 Å². The molecule has 1 aliphatic rings. The molecule has 0 aliphatic carbocycles. The van der Waals surface area contributed by atoms with Crippen LogP contribution in [-0.4, -0.2) is 35.6 Å². The summed E-state index contributed by atoms with van der Waals surface area (Å²) < 4.78 is 4.63. The summed E-state index contributed by atoms with van der Waals surface area (Å²) in [4.78, 5) is 28.7. The average Bonchev–Trinajstić information content (AvgIpc) is 2.80. The molecule has 0 spiro atoms. The first-order valence-electron chi connectivity index (χ1n) is 5.59. The van der Waals surface area contributed by atoms with Gasteiger partial charge < -0.3 is 9.84 Å². The Balaban J connectivity index is 2.18. The maximum absolute atomic E-state index is 11.8. The highest BCUT2D eigenvalue weighted by Gasteiger charge is 2.36. The molecular formula is C12H14N2O4. The molecule has 0 aromatic carbocycles. The minimum atomic E-state index is -0.443. The van der Waals surface area contributed by atoms with Gasteiger partial charge in [0.2, 0.25) is 5.91 Å². The van der Waals surface area contributed by atoms with Gasteiger partial charge in [0.1, 0.15) is 5.82 Å². The van der Waals surface area contributed by atoms with Crippen LogP contribution in [0.3, 0.4) is 0 Å². The summed E-state index contributed by atoms with van der Waals surface area (Å²) in [6.45, 7) is 0.158. The summed E-state index contributed by atoms with van der Waals surface area (Å²) in [6, 6.07) is 3.30. The van der Waals surface area contributed by atoms with Crippen molar-refractivity contribution < 1.29 is 19.4 Å². The lowest BCUT2D eigenvalue weighted by Gasteiger charge is -2.15. The van der Waals surface area contributed by atoms with E-state index >= 15 is 0 Å². The Morgan fingerprint density at radius 1 is 1.67 bits per heavy atom. The molecule has 1 unspecified atom stereocenters. The van der Waals surface area contributed by atoms with Crippen LogP contribution in [0.2, 0.25) is 0 Å². The minimum absolute atomic E-state index is 0.113. The Morgan fingerprint density at radius 2 is 2.44 bits per heavy atom. The normalized spacial score (nSPS) is 19.1. The number of nitrogens with zero attached hydrogens (tertiary/aromatic N) is 2. The van der Waals surface area contributed by atoms with E-state index in [4.69, 9.17) is 5.11 Å². The molecule has 0 saturated carbocycles. The number of anilines is 1. The number of aromatic nitrogens is 1. The van der Waals surface area contributed by atoms with E-state index in [0.29, 0.717) is 11.4 Å². The Kier molecular flexibility index (Phi) is 3.57. The van der Waals surface area contributed by atoms with Crippen LogP contribution in [0.15, 0.2) is 18.3 Å². The third-order valence-corrected chi connectivity index (χ3v) is 2.93. The number of carbonyl (C=O) groups excluding carboxylic acids is 2. The van der Waals surface area contributed by atoms with Crippen molar-refractivity contribution in [3.63, 3.8) is 0 Å². The van der Waals surface area contributed by atoms with Crippen molar-refractivity contribution in [3.8, 4) is 0 Å². The van der Waals surface area contributed by atoms with Crippen molar-refractivity contribution in [1.29, 1.82) is 0 Å². The van der Waals surface area contributed by atoms with Gasteiger partial charge >= 0.3 is 5.97 Å². The summed E-state index contributed by atoms with van der Waals surface area (Å²) in [7, 11) is 1.31. The van der Waals surface area contributed by atoms with Crippen molar-refractivity contribution in [2.75, 3.05) is 18.6 Å². The molecule has 1 N–H and O–H groups in total. The highest BCUT2D eigenvalue weighted by molar-refractivity contribution is 5.98. The van der Waals surface area contributed by atoms with Crippen molar-refractivity contribution in [3.05, 3.63) is 23.9 Å². The van der Waals surface area contributed by atoms with Gasteiger partial charge in [0.25, 0.3) is 0 Å². The van der Waals surface area contributed by atoms with Crippen molar-refractivity contribution in [2.24, 2.45) is 5.92 Å². The van der Waals surface area contributed by atoms with Crippen molar-refractivity contribution >= 4 is 17.7 Å². The van der Waals surface area contributed by atoms with Crippen LogP contribution in [0.4, 0.5) is 5.82 Å². The maximum Gasteiger partial charge on any atom is 0.311 e. The molecule has 1 saturated heterocycles. The van der Waals surface area contributed by atoms with Gasteiger partial charge in [-0.3, -0.25) is 14.5 Å². The van der Waals surface area contributed by atoms with Crippen LogP contribution < -0.4 is 4.90 Å². The highest BCUT2D eigenvalue weighted by Crippen LogP contribution is 2.24. The number of methoxy groups -OCH3 is 1. The second-order valence-corrected chi connectivity index (χ2v) is 4.11. The van der Waals surface area contributed by atoms with E-state index in [9.17, 15) is 9.59 Å². The molecule has 2 heterocycles. The van der Waals surface area contributed by atoms with Gasteiger partial charge in [0.15, 0.2) is 0 Å². The van der Waals surface area contributed by atoms with E-state index in [-0.39, 0.29) is 31.4 Å². The monoisotopic (exact) mass is 250 g/mol. The smallest absolute Gasteiger partial charge is 0.311 e. The summed E-state index contributed by atoms with van der Waals surface area (Å²) in [6.07, 6.45) is 1.66. The molecule has 0 bridgehead atoms. The Hall–Kier alpha value is -1.95. The number of esters is 1. The third kappa shape index (κ3) is 2.33. The fourth-order valence-electron chi connectivity index (χ4n) is 1.96. The topological polar surface area (TPSA) is 79.7 Å². The first-order chi connectivity index (χ1) is 8.65. The third-order valence-electron chi connectivity index (χ3n) is 2.93. The van der Waals surface area contributed by atoms with E-state index in [0.717, 1.165) is 0 Å². The molecule has 1 amide bonds. The van der Waals surface area contributed by atoms with E-state index in [2.05, 4.69) is 9.72 Å². The van der Waals surface area contributed by atoms with E-state index in [1.807, 2.05) is 0 Å². The van der Waals surface area contributed by atoms with Crippen LogP contribution in [0.25, 0.3) is 0 Å². The quantitative estimate of drug-likeness (QED) is 0.770. The summed E-state index contributed by atoms with van der Waals surface area (Å²) in [5.74, 6) is -0.530. The predicted molar refractivity (Wildman–Crippen MR) is 62.6 cm³/mol. The van der Waals surface area contributed by atoms with Crippen molar-refractivity contribution in [2.45, 2.75) is 13.0 Å². The Morgan fingerprint density at radius 3 is 3.11 bits per heavy atom. The number of hydrogen-bond acceptors (Lipinski definition) is 5. The molecule has 18 heavy (non-hydrogen) atoms. The number of rotatable bonds is 3. The predicted octanol–water partition coefficient (Wildman–Crippen LogP) is 0.0998. The van der Waals surface area contributed by atoms with Gasteiger partial charge in [-0.2, -0.15) is 0 Å². The molecule has 1 aromatic heterocycles. The van der Waals surface area contributed by atoms with Gasteiger partial charge in [-0.25, -0.2) is 4.98 Å². The zero-order valence-electron chi connectivity index (χ0n) is 10.00. The van der Waals surface area contributed by atoms with Gasteiger partial charge in [-0.1, -0.05) is 0 Å². The van der Waals surface area contributed by atoms with E-state index in [1.165, 1.54) is 18.2 Å². The number of hydrogen-bond donors (Lipinski definition) is 1. The number of pyridine rings is 1. The summed E-state index contributed by atoms with van der Waals surface area (Å²) in [5.41, 5.74) is 0.675. The number of aliphatic hydroxyl groups excluding tert-OH is 1. The lowest BCUT2D eigenvalue weighted by molar-refractivity contribution is -0.145. The van der Waals surface area contributed by atoms with Crippen LogP contribution in [0.1, 0.15) is 12.0 Å². The number of carbonyl (C=O) groups is 2. The van der Waals surface area contributed by atoms with Gasteiger partial charge in [0.05, 0.1) is 19.6 Å². The number of aliphatic hydroxyl groups is 1. The fourth-order valence-corrected chi connectivity index (χ4v) is 1.96. The molecule has 1 aliphatic heterocycles. The highest BCUT2D eigenvalue weighted by atomic mass is 16.5. The molecule has 0 radical (unpaired) electrons. The first-order valence-corrected chi connectivity index (χ1v) is 5.59. The standard InChI is InChI=1S/C12H14N2O4/c1-18-12(17)9-5-11(16)14(6-9)10-4-8(7-15)2-3-13-10/h2-4,9,15H,5-7H2,1H3. The molecule has 6 heteroatoms. The fraction of sp³-hybridized carbons (Fsp3) is 0.417. The molecule has 1 aromatic rings. The average molecular weight is 250 g/mol. The zero-order chi connectivity index (χ0) is 13.1. The summed E-state index contributed by atoms with van der Waals surface area (Å²) >= 11 is 0. The Bertz CT molecular complexity index is 475. The molecular weight excluding hydrogens is 236 g/mol. The first kappa shape index (κ1) is 12.5. The van der Waals surface area contributed by atoms with E-state index in [1.54, 1.807) is 12.1 Å². The second kappa shape index (κ2) is 5.14. The van der Waals surface area contributed by atoms with Crippen LogP contribution in [0, 0.1) is 5.92 Å². The van der Waals surface area contributed by atoms with Crippen LogP contribution in [0.5, 0.6) is 0 Å². The SMILES string of the molecule is COC(=O)C1CC(=O)N(c2cc(CO)ccn2)C1. The van der Waals surface area contributed by atoms with Crippen LogP contribution >= 0.6 is 0 Å². The lowest BCUT2D eigenvalue weighted by atomic mass is 10.1. The molecule has 6 nitrogen and oxygen atoms in total. The number of ether oxygens (including phenoxy) is 1. The largest absolute Gasteiger partial charge is 0.469 e. The molecule has 2 rings (SSSR count). The van der Waals surface area contributed by atoms with Gasteiger partial charge in [0, 0.05) is 19.2 Å². The lowest BCUT2D eigenvalue weighted by Crippen LogP contribution is -2.27. The number of amides is 1. The maximum atomic E-state index is 11.8. The zero-order valence-corrected chi connectivity index (χ0v) is 10.00. The molecule has 1 fully saturated rings. The van der Waals surface area contributed by atoms with Gasteiger partial charge in [-0.15, -0.1) is 0 Å². The Labute approximate surface area is 104 Å². The van der Waals surface area contributed by atoms with Crippen LogP contribution in [-0.2, 0) is 20.9 Å². The second-order valence-electron chi connectivity index (χ2n) is 4.11. The summed E-state index contributed by atoms with van der Waals surface area (Å²) in [5, 5.41) is 9.04.